The van der Waals surface area contributed by atoms with Crippen molar-refractivity contribution in [3.05, 3.63) is 47.6 Å². The third-order valence-corrected chi connectivity index (χ3v) is 3.91. The highest BCUT2D eigenvalue weighted by Crippen LogP contribution is 2.30. The van der Waals surface area contributed by atoms with Gasteiger partial charge in [-0.05, 0) is 26.3 Å². The molecule has 5 nitrogen and oxygen atoms in total. The summed E-state index contributed by atoms with van der Waals surface area (Å²) in [7, 11) is 0. The average molecular weight is 287 g/mol. The minimum absolute atomic E-state index is 0.0846. The highest BCUT2D eigenvalue weighted by molar-refractivity contribution is 5.18. The summed E-state index contributed by atoms with van der Waals surface area (Å²) in [5, 5.41) is 3.88. The fraction of sp³-hybridized carbons (Fsp3) is 0.500. The first-order valence-electron chi connectivity index (χ1n) is 7.38. The van der Waals surface area contributed by atoms with Crippen LogP contribution in [0.2, 0.25) is 0 Å². The van der Waals surface area contributed by atoms with Gasteiger partial charge in [0.1, 0.15) is 0 Å². The van der Waals surface area contributed by atoms with Crippen molar-refractivity contribution in [3.63, 3.8) is 0 Å². The predicted octanol–water partition coefficient (Wildman–Crippen LogP) is 2.90. The molecule has 21 heavy (non-hydrogen) atoms. The van der Waals surface area contributed by atoms with Gasteiger partial charge in [0.2, 0.25) is 5.89 Å². The van der Waals surface area contributed by atoms with Gasteiger partial charge in [0.15, 0.2) is 5.82 Å². The van der Waals surface area contributed by atoms with Gasteiger partial charge in [-0.25, -0.2) is 0 Å². The number of benzene rings is 1. The van der Waals surface area contributed by atoms with Crippen molar-refractivity contribution >= 4 is 0 Å². The SMILES string of the molecule is Cc1noc([C@H](C)N2C[C@@H](C)O[C@@H](c3ccccc3)C2)n1. The first kappa shape index (κ1) is 14.2. The van der Waals surface area contributed by atoms with Gasteiger partial charge < -0.3 is 9.26 Å². The fourth-order valence-corrected chi connectivity index (χ4v) is 2.79. The van der Waals surface area contributed by atoms with Crippen molar-refractivity contribution in [2.75, 3.05) is 13.1 Å². The van der Waals surface area contributed by atoms with Crippen LogP contribution in [0, 0.1) is 6.92 Å². The monoisotopic (exact) mass is 287 g/mol. The molecule has 1 aromatic heterocycles. The quantitative estimate of drug-likeness (QED) is 0.868. The van der Waals surface area contributed by atoms with E-state index in [0.29, 0.717) is 11.7 Å². The Hall–Kier alpha value is -1.72. The Morgan fingerprint density at radius 1 is 1.24 bits per heavy atom. The number of hydrogen-bond donors (Lipinski definition) is 0. The lowest BCUT2D eigenvalue weighted by atomic mass is 10.1. The molecule has 1 aliphatic rings. The second-order valence-corrected chi connectivity index (χ2v) is 5.66. The van der Waals surface area contributed by atoms with Gasteiger partial charge in [0.05, 0.1) is 18.2 Å². The second kappa shape index (κ2) is 5.95. The van der Waals surface area contributed by atoms with Crippen LogP contribution in [0.3, 0.4) is 0 Å². The van der Waals surface area contributed by atoms with Crippen molar-refractivity contribution in [2.45, 2.75) is 39.0 Å². The average Bonchev–Trinajstić information content (AvgIpc) is 2.93. The van der Waals surface area contributed by atoms with Gasteiger partial charge in [-0.1, -0.05) is 35.5 Å². The van der Waals surface area contributed by atoms with Crippen molar-refractivity contribution < 1.29 is 9.26 Å². The Bertz CT molecular complexity index is 584. The van der Waals surface area contributed by atoms with E-state index in [9.17, 15) is 0 Å². The first-order chi connectivity index (χ1) is 10.1. The van der Waals surface area contributed by atoms with E-state index in [0.717, 1.165) is 13.1 Å². The summed E-state index contributed by atoms with van der Waals surface area (Å²) in [6.45, 7) is 7.75. The normalized spacial score (nSPS) is 24.9. The summed E-state index contributed by atoms with van der Waals surface area (Å²) in [4.78, 5) is 6.69. The summed E-state index contributed by atoms with van der Waals surface area (Å²) in [5.41, 5.74) is 1.21. The number of nitrogens with zero attached hydrogens (tertiary/aromatic N) is 3. The molecule has 5 heteroatoms. The molecule has 1 aliphatic heterocycles. The lowest BCUT2D eigenvalue weighted by Crippen LogP contribution is -2.44. The molecule has 2 aromatic rings. The topological polar surface area (TPSA) is 51.4 Å². The first-order valence-corrected chi connectivity index (χ1v) is 7.38. The maximum Gasteiger partial charge on any atom is 0.243 e. The van der Waals surface area contributed by atoms with Crippen LogP contribution >= 0.6 is 0 Å². The Kier molecular flexibility index (Phi) is 4.03. The Labute approximate surface area is 124 Å². The second-order valence-electron chi connectivity index (χ2n) is 5.66. The molecule has 2 heterocycles. The summed E-state index contributed by atoms with van der Waals surface area (Å²) >= 11 is 0. The van der Waals surface area contributed by atoms with E-state index < -0.39 is 0 Å². The fourth-order valence-electron chi connectivity index (χ4n) is 2.79. The molecular weight excluding hydrogens is 266 g/mol. The smallest absolute Gasteiger partial charge is 0.243 e. The van der Waals surface area contributed by atoms with Crippen molar-refractivity contribution in [3.8, 4) is 0 Å². The summed E-state index contributed by atoms with van der Waals surface area (Å²) < 4.78 is 11.4. The molecule has 0 aliphatic carbocycles. The Morgan fingerprint density at radius 2 is 2.00 bits per heavy atom. The molecule has 0 saturated carbocycles. The molecule has 1 saturated heterocycles. The number of aromatic nitrogens is 2. The predicted molar refractivity (Wildman–Crippen MR) is 78.8 cm³/mol. The van der Waals surface area contributed by atoms with Crippen LogP contribution in [0.1, 0.15) is 43.3 Å². The number of hydrogen-bond acceptors (Lipinski definition) is 5. The van der Waals surface area contributed by atoms with E-state index in [1.807, 2.05) is 25.1 Å². The Morgan fingerprint density at radius 3 is 2.67 bits per heavy atom. The molecule has 0 bridgehead atoms. The zero-order valence-electron chi connectivity index (χ0n) is 12.7. The van der Waals surface area contributed by atoms with Gasteiger partial charge in [0.25, 0.3) is 0 Å². The van der Waals surface area contributed by atoms with E-state index in [2.05, 4.69) is 41.0 Å². The lowest BCUT2D eigenvalue weighted by Gasteiger charge is -2.39. The molecule has 1 fully saturated rings. The lowest BCUT2D eigenvalue weighted by molar-refractivity contribution is -0.0922. The molecule has 0 spiro atoms. The molecular formula is C16H21N3O2. The molecule has 3 atom stereocenters. The maximum absolute atomic E-state index is 6.09. The molecule has 112 valence electrons. The zero-order valence-corrected chi connectivity index (χ0v) is 12.7. The van der Waals surface area contributed by atoms with Crippen molar-refractivity contribution in [2.24, 2.45) is 0 Å². The van der Waals surface area contributed by atoms with E-state index in [4.69, 9.17) is 9.26 Å². The zero-order chi connectivity index (χ0) is 14.8. The van der Waals surface area contributed by atoms with Crippen LogP contribution in [-0.4, -0.2) is 34.2 Å². The molecule has 3 rings (SSSR count). The van der Waals surface area contributed by atoms with Crippen molar-refractivity contribution in [1.29, 1.82) is 0 Å². The number of rotatable bonds is 3. The standard InChI is InChI=1S/C16H21N3O2/c1-11-9-19(12(2)16-17-13(3)18-21-16)10-15(20-11)14-7-5-4-6-8-14/h4-8,11-12,15H,9-10H2,1-3H3/t11-,12+,15-/m1/s1. The van der Waals surface area contributed by atoms with Gasteiger partial charge in [-0.15, -0.1) is 0 Å². The number of aryl methyl sites for hydroxylation is 1. The third kappa shape index (κ3) is 3.14. The molecule has 1 aromatic carbocycles. The molecule has 0 unspecified atom stereocenters. The number of morpholine rings is 1. The van der Waals surface area contributed by atoms with Crippen LogP contribution in [0.5, 0.6) is 0 Å². The molecule has 0 amide bonds. The molecule has 0 radical (unpaired) electrons. The van der Waals surface area contributed by atoms with E-state index in [1.54, 1.807) is 0 Å². The van der Waals surface area contributed by atoms with Crippen LogP contribution < -0.4 is 0 Å². The van der Waals surface area contributed by atoms with Crippen LogP contribution in [-0.2, 0) is 4.74 Å². The van der Waals surface area contributed by atoms with Crippen LogP contribution in [0.25, 0.3) is 0 Å². The summed E-state index contributed by atoms with van der Waals surface area (Å²) in [6, 6.07) is 10.5. The minimum Gasteiger partial charge on any atom is -0.368 e. The third-order valence-electron chi connectivity index (χ3n) is 3.91. The van der Waals surface area contributed by atoms with Crippen molar-refractivity contribution in [1.82, 2.24) is 15.0 Å². The highest BCUT2D eigenvalue weighted by Gasteiger charge is 2.31. The van der Waals surface area contributed by atoms with Gasteiger partial charge >= 0.3 is 0 Å². The van der Waals surface area contributed by atoms with Gasteiger partial charge in [-0.3, -0.25) is 4.90 Å². The van der Waals surface area contributed by atoms with Crippen LogP contribution in [0.15, 0.2) is 34.9 Å². The van der Waals surface area contributed by atoms with E-state index >= 15 is 0 Å². The van der Waals surface area contributed by atoms with Gasteiger partial charge in [0, 0.05) is 13.1 Å². The highest BCUT2D eigenvalue weighted by atomic mass is 16.5. The Balaban J connectivity index is 1.77. The number of ether oxygens (including phenoxy) is 1. The largest absolute Gasteiger partial charge is 0.368 e. The summed E-state index contributed by atoms with van der Waals surface area (Å²) in [5.74, 6) is 1.35. The van der Waals surface area contributed by atoms with E-state index in [1.165, 1.54) is 5.56 Å². The van der Waals surface area contributed by atoms with E-state index in [-0.39, 0.29) is 18.2 Å². The minimum atomic E-state index is 0.0846. The maximum atomic E-state index is 6.09. The summed E-state index contributed by atoms with van der Waals surface area (Å²) in [6.07, 6.45) is 0.261. The van der Waals surface area contributed by atoms with Crippen LogP contribution in [0.4, 0.5) is 0 Å². The molecule has 0 N–H and O–H groups in total. The van der Waals surface area contributed by atoms with Gasteiger partial charge in [-0.2, -0.15) is 4.98 Å².